The molecule has 0 fully saturated rings. The Kier molecular flexibility index (Phi) is 5.16. The lowest BCUT2D eigenvalue weighted by molar-refractivity contribution is -0.129. The number of benzene rings is 1. The van der Waals surface area contributed by atoms with Crippen LogP contribution >= 0.6 is 22.9 Å². The van der Waals surface area contributed by atoms with Crippen molar-refractivity contribution in [3.05, 3.63) is 44.8 Å². The highest BCUT2D eigenvalue weighted by atomic mass is 35.5. The van der Waals surface area contributed by atoms with Gasteiger partial charge in [0, 0.05) is 23.4 Å². The van der Waals surface area contributed by atoms with Gasteiger partial charge in [0.05, 0.1) is 24.8 Å². The van der Waals surface area contributed by atoms with Crippen LogP contribution in [0, 0.1) is 11.3 Å². The highest BCUT2D eigenvalue weighted by Crippen LogP contribution is 2.37. The number of fused-ring (bicyclic) bond motifs is 1. The number of methoxy groups -OCH3 is 1. The number of hydrogen-bond acceptors (Lipinski definition) is 5. The highest BCUT2D eigenvalue weighted by molar-refractivity contribution is 7.16. The van der Waals surface area contributed by atoms with Crippen LogP contribution in [0.1, 0.15) is 33.3 Å². The predicted molar refractivity (Wildman–Crippen MR) is 99.8 cm³/mol. The van der Waals surface area contributed by atoms with Gasteiger partial charge in [-0.2, -0.15) is 5.26 Å². The lowest BCUT2D eigenvalue weighted by Crippen LogP contribution is -2.33. The van der Waals surface area contributed by atoms with E-state index in [4.69, 9.17) is 16.3 Å². The van der Waals surface area contributed by atoms with Gasteiger partial charge in [-0.3, -0.25) is 9.59 Å². The zero-order chi connectivity index (χ0) is 18.8. The smallest absolute Gasteiger partial charge is 0.260 e. The largest absolute Gasteiger partial charge is 0.496 e. The van der Waals surface area contributed by atoms with Crippen LogP contribution in [0.5, 0.6) is 5.75 Å². The molecule has 0 spiro atoms. The van der Waals surface area contributed by atoms with Crippen molar-refractivity contribution >= 4 is 39.8 Å². The molecule has 2 heterocycles. The number of carbonyl (C=O) groups excluding carboxylic acids is 2. The second-order valence-electron chi connectivity index (χ2n) is 5.81. The standard InChI is InChI=1S/C18H16ClN3O3S/c1-10(23)22-6-5-12-14(8-20)18(26-16(12)9-22)21-17(24)13-7-11(19)3-4-15(13)25-2/h3-4,7H,5-6,9H2,1-2H3,(H,21,24). The first-order valence-corrected chi connectivity index (χ1v) is 9.09. The molecule has 2 amide bonds. The molecule has 1 N–H and O–H groups in total. The van der Waals surface area contributed by atoms with E-state index in [0.717, 1.165) is 10.4 Å². The number of amides is 2. The molecule has 0 unspecified atom stereocenters. The number of nitriles is 1. The molecule has 6 nitrogen and oxygen atoms in total. The summed E-state index contributed by atoms with van der Waals surface area (Å²) >= 11 is 7.31. The Morgan fingerprint density at radius 2 is 2.19 bits per heavy atom. The third-order valence-electron chi connectivity index (χ3n) is 4.25. The first-order chi connectivity index (χ1) is 12.4. The first-order valence-electron chi connectivity index (χ1n) is 7.89. The molecule has 1 aromatic heterocycles. The van der Waals surface area contributed by atoms with Crippen molar-refractivity contribution in [3.8, 4) is 11.8 Å². The highest BCUT2D eigenvalue weighted by Gasteiger charge is 2.26. The molecule has 134 valence electrons. The summed E-state index contributed by atoms with van der Waals surface area (Å²) in [6.45, 7) is 2.56. The summed E-state index contributed by atoms with van der Waals surface area (Å²) in [7, 11) is 1.47. The average molecular weight is 390 g/mol. The van der Waals surface area contributed by atoms with Crippen LogP contribution in [-0.4, -0.2) is 30.4 Å². The Hall–Kier alpha value is -2.56. The number of ether oxygens (including phenoxy) is 1. The molecule has 0 atom stereocenters. The maximum Gasteiger partial charge on any atom is 0.260 e. The van der Waals surface area contributed by atoms with Gasteiger partial charge in [-0.1, -0.05) is 11.6 Å². The van der Waals surface area contributed by atoms with Gasteiger partial charge in [0.15, 0.2) is 0 Å². The summed E-state index contributed by atoms with van der Waals surface area (Å²) < 4.78 is 5.21. The molecule has 0 bridgehead atoms. The van der Waals surface area contributed by atoms with E-state index in [0.29, 0.717) is 46.4 Å². The van der Waals surface area contributed by atoms with Crippen LogP contribution in [0.4, 0.5) is 5.00 Å². The Morgan fingerprint density at radius 1 is 1.42 bits per heavy atom. The molecule has 26 heavy (non-hydrogen) atoms. The van der Waals surface area contributed by atoms with Crippen molar-refractivity contribution in [3.63, 3.8) is 0 Å². The quantitative estimate of drug-likeness (QED) is 0.871. The lowest BCUT2D eigenvalue weighted by Gasteiger charge is -2.25. The normalized spacial score (nSPS) is 12.9. The molecule has 1 aliphatic rings. The van der Waals surface area contributed by atoms with Gasteiger partial charge in [-0.25, -0.2) is 0 Å². The fourth-order valence-electron chi connectivity index (χ4n) is 2.91. The third kappa shape index (κ3) is 3.39. The second-order valence-corrected chi connectivity index (χ2v) is 7.35. The zero-order valence-electron chi connectivity index (χ0n) is 14.3. The van der Waals surface area contributed by atoms with Gasteiger partial charge in [-0.05, 0) is 30.2 Å². The van der Waals surface area contributed by atoms with Gasteiger partial charge in [0.1, 0.15) is 16.8 Å². The van der Waals surface area contributed by atoms with E-state index in [9.17, 15) is 14.9 Å². The van der Waals surface area contributed by atoms with Crippen molar-refractivity contribution in [1.82, 2.24) is 4.90 Å². The summed E-state index contributed by atoms with van der Waals surface area (Å²) in [5, 5.41) is 13.2. The van der Waals surface area contributed by atoms with Crippen LogP contribution in [0.3, 0.4) is 0 Å². The van der Waals surface area contributed by atoms with Crippen LogP contribution in [-0.2, 0) is 17.8 Å². The molecule has 8 heteroatoms. The van der Waals surface area contributed by atoms with Crippen LogP contribution in [0.15, 0.2) is 18.2 Å². The van der Waals surface area contributed by atoms with Gasteiger partial charge < -0.3 is 15.0 Å². The van der Waals surface area contributed by atoms with Crippen LogP contribution < -0.4 is 10.1 Å². The molecule has 0 saturated carbocycles. The number of halogens is 1. The van der Waals surface area contributed by atoms with E-state index in [2.05, 4.69) is 11.4 Å². The zero-order valence-corrected chi connectivity index (χ0v) is 15.8. The van der Waals surface area contributed by atoms with E-state index >= 15 is 0 Å². The maximum absolute atomic E-state index is 12.7. The van der Waals surface area contributed by atoms with Crippen molar-refractivity contribution in [2.24, 2.45) is 0 Å². The van der Waals surface area contributed by atoms with Crippen molar-refractivity contribution < 1.29 is 14.3 Å². The molecule has 2 aromatic rings. The number of thiophene rings is 1. The van der Waals surface area contributed by atoms with E-state index in [1.54, 1.807) is 17.0 Å². The molecule has 1 aromatic carbocycles. The first kappa shape index (κ1) is 18.2. The number of nitrogens with zero attached hydrogens (tertiary/aromatic N) is 2. The summed E-state index contributed by atoms with van der Waals surface area (Å²) in [5.41, 5.74) is 1.66. The van der Waals surface area contributed by atoms with Gasteiger partial charge in [0.25, 0.3) is 5.91 Å². The minimum atomic E-state index is -0.400. The number of carbonyl (C=O) groups is 2. The van der Waals surface area contributed by atoms with E-state index in [1.165, 1.54) is 31.4 Å². The van der Waals surface area contributed by atoms with Crippen molar-refractivity contribution in [2.75, 3.05) is 19.0 Å². The molecular formula is C18H16ClN3O3S. The molecule has 0 radical (unpaired) electrons. The SMILES string of the molecule is COc1ccc(Cl)cc1C(=O)Nc1sc2c(c1C#N)CCN(C(C)=O)C2. The van der Waals surface area contributed by atoms with Gasteiger partial charge in [0.2, 0.25) is 5.91 Å². The lowest BCUT2D eigenvalue weighted by atomic mass is 10.0. The summed E-state index contributed by atoms with van der Waals surface area (Å²) in [6.07, 6.45) is 0.602. The van der Waals surface area contributed by atoms with E-state index < -0.39 is 5.91 Å². The number of anilines is 1. The molecule has 0 saturated heterocycles. The minimum Gasteiger partial charge on any atom is -0.496 e. The van der Waals surface area contributed by atoms with Crippen LogP contribution in [0.25, 0.3) is 0 Å². The Labute approximate surface area is 159 Å². The summed E-state index contributed by atoms with van der Waals surface area (Å²) in [4.78, 5) is 26.9. The second kappa shape index (κ2) is 7.36. The summed E-state index contributed by atoms with van der Waals surface area (Å²) in [6, 6.07) is 6.95. The Balaban J connectivity index is 1.92. The number of hydrogen-bond donors (Lipinski definition) is 1. The van der Waals surface area contributed by atoms with Crippen molar-refractivity contribution in [1.29, 1.82) is 5.26 Å². The number of nitrogens with one attached hydrogen (secondary N) is 1. The monoisotopic (exact) mass is 389 g/mol. The predicted octanol–water partition coefficient (Wildman–Crippen LogP) is 3.44. The Morgan fingerprint density at radius 3 is 2.85 bits per heavy atom. The molecular weight excluding hydrogens is 374 g/mol. The van der Waals surface area contributed by atoms with E-state index in [1.807, 2.05) is 0 Å². The fraction of sp³-hybridized carbons (Fsp3) is 0.278. The molecule has 0 aliphatic carbocycles. The maximum atomic E-state index is 12.7. The molecule has 1 aliphatic heterocycles. The Bertz CT molecular complexity index is 932. The van der Waals surface area contributed by atoms with Crippen LogP contribution in [0.2, 0.25) is 5.02 Å². The third-order valence-corrected chi connectivity index (χ3v) is 5.61. The minimum absolute atomic E-state index is 0.00296. The van der Waals surface area contributed by atoms with E-state index in [-0.39, 0.29) is 5.91 Å². The average Bonchev–Trinajstić information content (AvgIpc) is 2.97. The number of rotatable bonds is 3. The van der Waals surface area contributed by atoms with Gasteiger partial charge >= 0.3 is 0 Å². The van der Waals surface area contributed by atoms with Crippen molar-refractivity contribution in [2.45, 2.75) is 19.9 Å². The topological polar surface area (TPSA) is 82.4 Å². The molecule has 3 rings (SSSR count). The fourth-order valence-corrected chi connectivity index (χ4v) is 4.29. The van der Waals surface area contributed by atoms with Gasteiger partial charge in [-0.15, -0.1) is 11.3 Å². The summed E-state index contributed by atoms with van der Waals surface area (Å²) in [5.74, 6) is -0.00541.